The van der Waals surface area contributed by atoms with Gasteiger partial charge >= 0.3 is 0 Å². The van der Waals surface area contributed by atoms with E-state index >= 15 is 0 Å². The molecule has 48 heavy (non-hydrogen) atoms. The number of Topliss-reactive ketones (excluding diaryl/α,β-unsaturated/α-hetero) is 2. The van der Waals surface area contributed by atoms with Crippen LogP contribution >= 0.6 is 0 Å². The third-order valence-corrected chi connectivity index (χ3v) is 9.91. The predicted octanol–water partition coefficient (Wildman–Crippen LogP) is 10.4. The minimum absolute atomic E-state index is 0.144. The van der Waals surface area contributed by atoms with Gasteiger partial charge in [0.1, 0.15) is 0 Å². The van der Waals surface area contributed by atoms with E-state index in [1.807, 2.05) is 36.4 Å². The Hall–Kier alpha value is -6.06. The first kappa shape index (κ1) is 28.2. The van der Waals surface area contributed by atoms with Gasteiger partial charge in [-0.05, 0) is 122 Å². The fraction of sp³-hybridized carbons (Fsp3) is 0.0667. The molecule has 0 radical (unpaired) electrons. The van der Waals surface area contributed by atoms with Crippen molar-refractivity contribution in [2.45, 2.75) is 19.3 Å². The summed E-state index contributed by atoms with van der Waals surface area (Å²) in [5.41, 5.74) is 14.2. The summed E-state index contributed by atoms with van der Waals surface area (Å²) in [5.74, 6) is -0.753. The summed E-state index contributed by atoms with van der Waals surface area (Å²) in [6.45, 7) is 0. The lowest BCUT2D eigenvalue weighted by molar-refractivity contribution is -0.114. The first-order chi connectivity index (χ1) is 23.6. The molecule has 0 amide bonds. The number of para-hydroxylation sites is 2. The Morgan fingerprint density at radius 1 is 0.375 bits per heavy atom. The van der Waals surface area contributed by atoms with Crippen LogP contribution in [0.25, 0.3) is 33.0 Å². The van der Waals surface area contributed by atoms with Crippen molar-refractivity contribution >= 4 is 39.4 Å². The molecule has 0 aromatic heterocycles. The summed E-state index contributed by atoms with van der Waals surface area (Å²) >= 11 is 0. The molecule has 0 N–H and O–H groups in total. The molecule has 0 saturated heterocycles. The molecule has 7 aromatic carbocycles. The van der Waals surface area contributed by atoms with Gasteiger partial charge in [-0.25, -0.2) is 0 Å². The summed E-state index contributed by atoms with van der Waals surface area (Å²) in [6.07, 6.45) is 1.91. The van der Waals surface area contributed by atoms with Crippen LogP contribution in [0, 0.1) is 0 Å². The minimum Gasteiger partial charge on any atom is -0.310 e. The Balaban J connectivity index is 1.06. The van der Waals surface area contributed by atoms with E-state index < -0.39 is 5.78 Å². The zero-order valence-corrected chi connectivity index (χ0v) is 26.3. The smallest absolute Gasteiger partial charge is 0.229 e. The van der Waals surface area contributed by atoms with Crippen molar-refractivity contribution < 1.29 is 9.59 Å². The van der Waals surface area contributed by atoms with Gasteiger partial charge in [0.25, 0.3) is 0 Å². The highest BCUT2D eigenvalue weighted by Crippen LogP contribution is 2.39. The number of ketones is 2. The van der Waals surface area contributed by atoms with E-state index in [0.29, 0.717) is 5.56 Å². The van der Waals surface area contributed by atoms with Gasteiger partial charge in [0.05, 0.1) is 0 Å². The van der Waals surface area contributed by atoms with Gasteiger partial charge in [-0.1, -0.05) is 103 Å². The van der Waals surface area contributed by atoms with E-state index in [9.17, 15) is 9.59 Å². The zero-order chi connectivity index (χ0) is 32.2. The Morgan fingerprint density at radius 2 is 1.00 bits per heavy atom. The second-order valence-corrected chi connectivity index (χ2v) is 12.8. The van der Waals surface area contributed by atoms with Crippen molar-refractivity contribution in [3.63, 3.8) is 0 Å². The highest BCUT2D eigenvalue weighted by atomic mass is 16.2. The lowest BCUT2D eigenvalue weighted by Crippen LogP contribution is -2.14. The molecule has 0 heterocycles. The number of carbonyl (C=O) groups is 2. The van der Waals surface area contributed by atoms with Crippen molar-refractivity contribution in [3.05, 3.63) is 185 Å². The van der Waals surface area contributed by atoms with Gasteiger partial charge in [0.15, 0.2) is 0 Å². The van der Waals surface area contributed by atoms with Crippen LogP contribution in [0.15, 0.2) is 152 Å². The molecule has 2 aliphatic rings. The van der Waals surface area contributed by atoms with Gasteiger partial charge in [-0.2, -0.15) is 0 Å². The topological polar surface area (TPSA) is 37.4 Å². The quantitative estimate of drug-likeness (QED) is 0.184. The van der Waals surface area contributed by atoms with E-state index in [0.717, 1.165) is 57.7 Å². The maximum atomic E-state index is 13.0. The third kappa shape index (κ3) is 4.83. The molecule has 9 rings (SSSR count). The number of carbonyl (C=O) groups excluding carboxylic acids is 2. The van der Waals surface area contributed by atoms with Crippen LogP contribution in [0.5, 0.6) is 0 Å². The van der Waals surface area contributed by atoms with Crippen LogP contribution < -0.4 is 4.90 Å². The molecule has 228 valence electrons. The summed E-state index contributed by atoms with van der Waals surface area (Å²) < 4.78 is 0. The predicted molar refractivity (Wildman–Crippen MR) is 195 cm³/mol. The van der Waals surface area contributed by atoms with Crippen LogP contribution in [-0.2, 0) is 24.1 Å². The fourth-order valence-corrected chi connectivity index (χ4v) is 7.49. The van der Waals surface area contributed by atoms with Crippen molar-refractivity contribution in [1.29, 1.82) is 0 Å². The van der Waals surface area contributed by atoms with Crippen molar-refractivity contribution in [2.75, 3.05) is 4.90 Å². The number of rotatable bonds is 4. The van der Waals surface area contributed by atoms with Gasteiger partial charge in [-0.15, -0.1) is 0 Å². The Labute approximate surface area is 279 Å². The molecule has 2 aliphatic carbocycles. The van der Waals surface area contributed by atoms with E-state index in [4.69, 9.17) is 0 Å². The summed E-state index contributed by atoms with van der Waals surface area (Å²) in [6, 6.07) is 53.1. The molecule has 0 fully saturated rings. The van der Waals surface area contributed by atoms with E-state index in [-0.39, 0.29) is 12.2 Å². The minimum atomic E-state index is -0.401. The van der Waals surface area contributed by atoms with Crippen LogP contribution in [0.3, 0.4) is 0 Å². The lowest BCUT2D eigenvalue weighted by Gasteiger charge is -2.26. The molecular weight excluding hydrogens is 587 g/mol. The number of hydrogen-bond acceptors (Lipinski definition) is 3. The van der Waals surface area contributed by atoms with Crippen molar-refractivity contribution in [1.82, 2.24) is 0 Å². The van der Waals surface area contributed by atoms with Crippen LogP contribution in [-0.4, -0.2) is 11.6 Å². The average Bonchev–Trinajstić information content (AvgIpc) is 3.23. The monoisotopic (exact) mass is 617 g/mol. The van der Waals surface area contributed by atoms with Gasteiger partial charge in [-0.3, -0.25) is 9.59 Å². The molecule has 0 aliphatic heterocycles. The van der Waals surface area contributed by atoms with Gasteiger partial charge in [0.2, 0.25) is 11.6 Å². The lowest BCUT2D eigenvalue weighted by atomic mass is 9.83. The highest BCUT2D eigenvalue weighted by molar-refractivity contribution is 6.46. The molecule has 0 atom stereocenters. The van der Waals surface area contributed by atoms with E-state index in [2.05, 4.69) is 120 Å². The molecule has 3 heteroatoms. The number of anilines is 3. The number of fused-ring (bicyclic) bond motifs is 6. The zero-order valence-electron chi connectivity index (χ0n) is 26.3. The van der Waals surface area contributed by atoms with Gasteiger partial charge in [0, 0.05) is 29.0 Å². The Morgan fingerprint density at radius 3 is 1.77 bits per heavy atom. The van der Waals surface area contributed by atoms with Gasteiger partial charge < -0.3 is 4.90 Å². The summed E-state index contributed by atoms with van der Waals surface area (Å²) in [5, 5.41) is 2.48. The Kier molecular flexibility index (Phi) is 6.65. The SMILES string of the molecule is O=C1Cc2ccccc2-c2cc(-c3ccc4c(c3)Cc3cc5ccc(N(c6ccccc6)c6ccccc6)cc5cc3C4)ccc2C1=O. The molecule has 0 saturated carbocycles. The van der Waals surface area contributed by atoms with Crippen LogP contribution in [0.2, 0.25) is 0 Å². The molecular formula is C45H31NO2. The largest absolute Gasteiger partial charge is 0.310 e. The number of nitrogens with zero attached hydrogens (tertiary/aromatic N) is 1. The van der Waals surface area contributed by atoms with Crippen LogP contribution in [0.1, 0.15) is 38.2 Å². The summed E-state index contributed by atoms with van der Waals surface area (Å²) in [7, 11) is 0. The highest BCUT2D eigenvalue weighted by Gasteiger charge is 2.27. The second kappa shape index (κ2) is 11.3. The van der Waals surface area contributed by atoms with Crippen LogP contribution in [0.4, 0.5) is 17.1 Å². The molecule has 0 spiro atoms. The standard InChI is InChI=1S/C45H31NO2/c47-44-28-33-9-7-8-14-41(33)43-27-32(18-20-42(43)45(44)48)29-15-16-30-22-36-25-37-26-40(19-17-31(37)23-35(36)24-34(30)21-29)46(38-10-3-1-4-11-38)39-12-5-2-6-13-39/h1-21,23,25-27H,22,24,28H2. The number of hydrogen-bond donors (Lipinski definition) is 0. The maximum Gasteiger partial charge on any atom is 0.229 e. The molecule has 3 nitrogen and oxygen atoms in total. The van der Waals surface area contributed by atoms with E-state index in [1.54, 1.807) is 0 Å². The average molecular weight is 618 g/mol. The normalized spacial score (nSPS) is 13.2. The van der Waals surface area contributed by atoms with E-state index in [1.165, 1.54) is 33.0 Å². The second-order valence-electron chi connectivity index (χ2n) is 12.8. The van der Waals surface area contributed by atoms with Crippen molar-refractivity contribution in [3.8, 4) is 22.3 Å². The molecule has 0 bridgehead atoms. The first-order valence-corrected chi connectivity index (χ1v) is 16.5. The first-order valence-electron chi connectivity index (χ1n) is 16.5. The number of benzene rings is 7. The van der Waals surface area contributed by atoms with Crippen molar-refractivity contribution in [2.24, 2.45) is 0 Å². The Bertz CT molecular complexity index is 2370. The summed E-state index contributed by atoms with van der Waals surface area (Å²) in [4.78, 5) is 27.9. The third-order valence-electron chi connectivity index (χ3n) is 9.91. The molecule has 7 aromatic rings. The molecule has 0 unspecified atom stereocenters. The maximum absolute atomic E-state index is 13.0. The fourth-order valence-electron chi connectivity index (χ4n) is 7.49.